The molecule has 1 aliphatic heterocycles. The van der Waals surface area contributed by atoms with Gasteiger partial charge in [0, 0.05) is 55.0 Å². The molecule has 4 rings (SSSR count). The quantitative estimate of drug-likeness (QED) is 0.496. The summed E-state index contributed by atoms with van der Waals surface area (Å²) in [6.45, 7) is 9.80. The largest absolute Gasteiger partial charge is 0.496 e. The van der Waals surface area contributed by atoms with Crippen LogP contribution in [-0.2, 0) is 14.3 Å². The van der Waals surface area contributed by atoms with E-state index in [1.165, 1.54) is 0 Å². The van der Waals surface area contributed by atoms with Crippen molar-refractivity contribution in [1.29, 1.82) is 0 Å². The van der Waals surface area contributed by atoms with Gasteiger partial charge in [-0.05, 0) is 57.3 Å². The van der Waals surface area contributed by atoms with Crippen molar-refractivity contribution in [3.8, 4) is 5.75 Å². The third-order valence-corrected chi connectivity index (χ3v) is 7.67. The van der Waals surface area contributed by atoms with Crippen molar-refractivity contribution in [3.63, 3.8) is 0 Å². The van der Waals surface area contributed by atoms with Crippen molar-refractivity contribution in [2.75, 3.05) is 27.4 Å². The Hall–Kier alpha value is -1.92. The summed E-state index contributed by atoms with van der Waals surface area (Å²) < 4.78 is 11.7. The molecule has 1 heterocycles. The molecular weight excluding hydrogens is 482 g/mol. The molecule has 3 aliphatic rings. The van der Waals surface area contributed by atoms with E-state index in [0.717, 1.165) is 51.2 Å². The first kappa shape index (κ1) is 24.2. The second-order valence-electron chi connectivity index (χ2n) is 11.1. The highest BCUT2D eigenvalue weighted by Gasteiger charge is 2.48. The second kappa shape index (κ2) is 8.70. The van der Waals surface area contributed by atoms with Crippen molar-refractivity contribution in [1.82, 2.24) is 4.90 Å². The third-order valence-electron chi connectivity index (χ3n) is 7.05. The Bertz CT molecular complexity index is 1010. The number of hydrogen-bond acceptors (Lipinski definition) is 5. The molecule has 2 aliphatic carbocycles. The van der Waals surface area contributed by atoms with E-state index in [0.29, 0.717) is 26.0 Å². The van der Waals surface area contributed by atoms with Gasteiger partial charge in [0.2, 0.25) is 0 Å². The molecule has 178 valence electrons. The number of ketones is 2. The third kappa shape index (κ3) is 4.44. The maximum atomic E-state index is 13.7. The molecule has 0 spiro atoms. The molecule has 0 N–H and O–H groups in total. The van der Waals surface area contributed by atoms with Gasteiger partial charge in [0.25, 0.3) is 0 Å². The zero-order valence-corrected chi connectivity index (χ0v) is 22.1. The molecule has 6 heteroatoms. The first-order valence-corrected chi connectivity index (χ1v) is 12.4. The molecule has 0 aromatic heterocycles. The second-order valence-corrected chi connectivity index (χ2v) is 11.9. The van der Waals surface area contributed by atoms with Gasteiger partial charge in [-0.2, -0.15) is 0 Å². The SMILES string of the molecule is COCCN1C2=C(C(=O)CC(C)(C)C2)C(c2ccc(OC)c(Br)c2)C2=C1CC(C)(C)CC2=O. The predicted octanol–water partition coefficient (Wildman–Crippen LogP) is 5.79. The van der Waals surface area contributed by atoms with Crippen molar-refractivity contribution in [2.24, 2.45) is 10.8 Å². The minimum Gasteiger partial charge on any atom is -0.496 e. The highest BCUT2D eigenvalue weighted by Crippen LogP contribution is 2.54. The lowest BCUT2D eigenvalue weighted by Gasteiger charge is -2.49. The molecule has 0 amide bonds. The van der Waals surface area contributed by atoms with Crippen LogP contribution < -0.4 is 4.74 Å². The Morgan fingerprint density at radius 2 is 1.48 bits per heavy atom. The molecule has 0 saturated heterocycles. The lowest BCUT2D eigenvalue weighted by atomic mass is 9.63. The fourth-order valence-electron chi connectivity index (χ4n) is 5.70. The van der Waals surface area contributed by atoms with Crippen molar-refractivity contribution in [2.45, 2.75) is 59.3 Å². The average molecular weight is 516 g/mol. The molecule has 0 fully saturated rings. The monoisotopic (exact) mass is 515 g/mol. The number of carbonyl (C=O) groups excluding carboxylic acids is 2. The van der Waals surface area contributed by atoms with E-state index < -0.39 is 0 Å². The van der Waals surface area contributed by atoms with E-state index in [4.69, 9.17) is 9.47 Å². The molecule has 0 saturated carbocycles. The average Bonchev–Trinajstić information content (AvgIpc) is 2.70. The van der Waals surface area contributed by atoms with Crippen LogP contribution in [0.1, 0.15) is 64.9 Å². The summed E-state index contributed by atoms with van der Waals surface area (Å²) >= 11 is 3.61. The Balaban J connectivity index is 1.98. The first-order valence-electron chi connectivity index (χ1n) is 11.6. The number of methoxy groups -OCH3 is 2. The van der Waals surface area contributed by atoms with Crippen LogP contribution in [0.2, 0.25) is 0 Å². The standard InChI is InChI=1S/C27H34BrNO4/c1-26(2)12-18-24(20(30)14-26)23(16-7-8-22(33-6)17(28)11-16)25-19(29(18)9-10-32-5)13-27(3,4)15-21(25)31/h7-8,11,23H,9-10,12-15H2,1-6H3. The van der Waals surface area contributed by atoms with Crippen LogP contribution in [-0.4, -0.2) is 43.8 Å². The normalized spacial score (nSPS) is 22.5. The van der Waals surface area contributed by atoms with Gasteiger partial charge in [0.05, 0.1) is 18.2 Å². The number of rotatable bonds is 5. The van der Waals surface area contributed by atoms with Gasteiger partial charge in [-0.1, -0.05) is 33.8 Å². The number of carbonyl (C=O) groups is 2. The number of Topliss-reactive ketones (excluding diaryl/α,β-unsaturated/α-hetero) is 2. The topological polar surface area (TPSA) is 55.8 Å². The number of halogens is 1. The summed E-state index contributed by atoms with van der Waals surface area (Å²) in [5, 5.41) is 0. The molecule has 0 radical (unpaired) electrons. The molecule has 0 bridgehead atoms. The van der Waals surface area contributed by atoms with Crippen LogP contribution in [0.5, 0.6) is 5.75 Å². The number of benzene rings is 1. The van der Waals surface area contributed by atoms with Crippen molar-refractivity contribution in [3.05, 3.63) is 50.8 Å². The Kier molecular flexibility index (Phi) is 6.38. The highest BCUT2D eigenvalue weighted by atomic mass is 79.9. The summed E-state index contributed by atoms with van der Waals surface area (Å²) in [7, 11) is 3.33. The molecule has 5 nitrogen and oxygen atoms in total. The van der Waals surface area contributed by atoms with Crippen LogP contribution in [0, 0.1) is 10.8 Å². The first-order chi connectivity index (χ1) is 15.5. The Morgan fingerprint density at radius 3 is 1.94 bits per heavy atom. The zero-order valence-electron chi connectivity index (χ0n) is 20.5. The lowest BCUT2D eigenvalue weighted by molar-refractivity contribution is -0.119. The van der Waals surface area contributed by atoms with Crippen LogP contribution >= 0.6 is 15.9 Å². The summed E-state index contributed by atoms with van der Waals surface area (Å²) in [5.41, 5.74) is 4.40. The fraction of sp³-hybridized carbons (Fsp3) is 0.556. The van der Waals surface area contributed by atoms with Gasteiger partial charge in [-0.15, -0.1) is 0 Å². The van der Waals surface area contributed by atoms with Crippen LogP contribution in [0.4, 0.5) is 0 Å². The van der Waals surface area contributed by atoms with E-state index in [1.807, 2.05) is 18.2 Å². The molecule has 33 heavy (non-hydrogen) atoms. The molecule has 1 aromatic carbocycles. The van der Waals surface area contributed by atoms with E-state index >= 15 is 0 Å². The van der Waals surface area contributed by atoms with Gasteiger partial charge in [0.15, 0.2) is 11.6 Å². The van der Waals surface area contributed by atoms with Gasteiger partial charge in [0.1, 0.15) is 5.75 Å². The van der Waals surface area contributed by atoms with Crippen LogP contribution in [0.15, 0.2) is 45.2 Å². The summed E-state index contributed by atoms with van der Waals surface area (Å²) in [6, 6.07) is 5.91. The number of nitrogens with zero attached hydrogens (tertiary/aromatic N) is 1. The van der Waals surface area contributed by atoms with Gasteiger partial charge in [-0.25, -0.2) is 0 Å². The predicted molar refractivity (Wildman–Crippen MR) is 132 cm³/mol. The van der Waals surface area contributed by atoms with Crippen molar-refractivity contribution < 1.29 is 19.1 Å². The summed E-state index contributed by atoms with van der Waals surface area (Å²) in [4.78, 5) is 29.6. The molecule has 1 aromatic rings. The van der Waals surface area contributed by atoms with Gasteiger partial charge in [-0.3, -0.25) is 9.59 Å². The van der Waals surface area contributed by atoms with Gasteiger partial charge < -0.3 is 14.4 Å². The fourth-order valence-corrected chi connectivity index (χ4v) is 6.25. The van der Waals surface area contributed by atoms with E-state index in [-0.39, 0.29) is 28.3 Å². The van der Waals surface area contributed by atoms with E-state index in [2.05, 4.69) is 48.5 Å². The summed E-state index contributed by atoms with van der Waals surface area (Å²) in [6.07, 6.45) is 2.58. The summed E-state index contributed by atoms with van der Waals surface area (Å²) in [5.74, 6) is 0.671. The Labute approximate surface area is 205 Å². The van der Waals surface area contributed by atoms with Gasteiger partial charge >= 0.3 is 0 Å². The molecule has 0 atom stereocenters. The molecular formula is C27H34BrNO4. The van der Waals surface area contributed by atoms with Crippen LogP contribution in [0.3, 0.4) is 0 Å². The van der Waals surface area contributed by atoms with Crippen molar-refractivity contribution >= 4 is 27.5 Å². The Morgan fingerprint density at radius 1 is 0.939 bits per heavy atom. The highest BCUT2D eigenvalue weighted by molar-refractivity contribution is 9.10. The lowest BCUT2D eigenvalue weighted by Crippen LogP contribution is -2.45. The number of hydrogen-bond donors (Lipinski definition) is 0. The van der Waals surface area contributed by atoms with Crippen LogP contribution in [0.25, 0.3) is 0 Å². The maximum absolute atomic E-state index is 13.7. The number of ether oxygens (including phenoxy) is 2. The zero-order chi connectivity index (χ0) is 24.1. The minimum atomic E-state index is -0.344. The molecule has 0 unspecified atom stereocenters. The maximum Gasteiger partial charge on any atom is 0.162 e. The number of allylic oxidation sites excluding steroid dienone is 4. The minimum absolute atomic E-state index is 0.126. The van der Waals surface area contributed by atoms with E-state index in [1.54, 1.807) is 14.2 Å². The van der Waals surface area contributed by atoms with E-state index in [9.17, 15) is 9.59 Å². The smallest absolute Gasteiger partial charge is 0.162 e.